The van der Waals surface area contributed by atoms with Crippen LogP contribution in [0.3, 0.4) is 0 Å². The third kappa shape index (κ3) is 4.77. The minimum atomic E-state index is -0.384. The molecule has 0 aliphatic carbocycles. The van der Waals surface area contributed by atoms with Crippen LogP contribution in [0.1, 0.15) is 65.2 Å². The molecule has 4 heteroatoms. The van der Waals surface area contributed by atoms with Crippen LogP contribution in [0.2, 0.25) is 0 Å². The van der Waals surface area contributed by atoms with Gasteiger partial charge in [-0.1, -0.05) is 26.7 Å². The maximum Gasteiger partial charge on any atom is 0.223 e. The highest BCUT2D eigenvalue weighted by Crippen LogP contribution is 2.18. The fraction of sp³-hybridized carbons (Fsp3) is 0.800. The van der Waals surface area contributed by atoms with Crippen LogP contribution < -0.4 is 0 Å². The molecule has 0 saturated carbocycles. The molecule has 1 amide bonds. The topological polar surface area (TPSA) is 54.5 Å². The average molecular weight is 267 g/mol. The van der Waals surface area contributed by atoms with Crippen LogP contribution in [0.25, 0.3) is 0 Å². The number of hydrogen-bond donors (Lipinski definition) is 0. The zero-order valence-electron chi connectivity index (χ0n) is 12.1. The number of likely N-dealkylation sites (tertiary alicyclic amines) is 1. The molecule has 0 radical (unpaired) electrons. The van der Waals surface area contributed by atoms with Crippen molar-refractivity contribution in [1.82, 2.24) is 4.90 Å². The molecule has 0 aromatic carbocycles. The first kappa shape index (κ1) is 15.9. The van der Waals surface area contributed by atoms with E-state index in [-0.39, 0.29) is 29.9 Å². The molecule has 1 rings (SSSR count). The third-order valence-corrected chi connectivity index (χ3v) is 3.68. The van der Waals surface area contributed by atoms with Crippen molar-refractivity contribution in [1.29, 1.82) is 0 Å². The number of carbonyl (C=O) groups excluding carboxylic acids is 3. The Kier molecular flexibility index (Phi) is 6.74. The quantitative estimate of drug-likeness (QED) is 0.476. The van der Waals surface area contributed by atoms with E-state index >= 15 is 0 Å². The molecule has 0 spiro atoms. The van der Waals surface area contributed by atoms with Crippen molar-refractivity contribution in [3.05, 3.63) is 0 Å². The van der Waals surface area contributed by atoms with Crippen LogP contribution in [0, 0.1) is 0 Å². The maximum atomic E-state index is 12.1. The molecule has 0 N–H and O–H groups in total. The molecule has 1 atom stereocenters. The van der Waals surface area contributed by atoms with Gasteiger partial charge in [-0.2, -0.15) is 0 Å². The fourth-order valence-corrected chi connectivity index (χ4v) is 2.59. The van der Waals surface area contributed by atoms with E-state index in [1.54, 1.807) is 4.90 Å². The fourth-order valence-electron chi connectivity index (χ4n) is 2.59. The first-order valence-corrected chi connectivity index (χ1v) is 7.44. The van der Waals surface area contributed by atoms with Crippen LogP contribution in [-0.2, 0) is 14.4 Å². The van der Waals surface area contributed by atoms with Gasteiger partial charge in [0.25, 0.3) is 0 Å². The summed E-state index contributed by atoms with van der Waals surface area (Å²) in [6, 6.07) is -0.384. The Morgan fingerprint density at radius 1 is 1.26 bits per heavy atom. The first-order valence-electron chi connectivity index (χ1n) is 7.44. The number of hydrogen-bond acceptors (Lipinski definition) is 3. The van der Waals surface area contributed by atoms with E-state index in [9.17, 15) is 14.4 Å². The lowest BCUT2D eigenvalue weighted by atomic mass is 10.0. The predicted molar refractivity (Wildman–Crippen MR) is 73.8 cm³/mol. The number of amides is 1. The molecular formula is C15H25NO3. The van der Waals surface area contributed by atoms with Crippen molar-refractivity contribution in [2.75, 3.05) is 6.54 Å². The first-order chi connectivity index (χ1) is 9.10. The Morgan fingerprint density at radius 3 is 2.53 bits per heavy atom. The van der Waals surface area contributed by atoms with Gasteiger partial charge in [-0.3, -0.25) is 14.4 Å². The molecule has 1 fully saturated rings. The second kappa shape index (κ2) is 8.08. The van der Waals surface area contributed by atoms with Gasteiger partial charge in [0.05, 0.1) is 12.5 Å². The SMILES string of the molecule is CCCCCC(=O)CC(=O)[C@H](CC)N1CCCC1=O. The Bertz CT molecular complexity index is 338. The highest BCUT2D eigenvalue weighted by atomic mass is 16.2. The molecule has 1 heterocycles. The third-order valence-electron chi connectivity index (χ3n) is 3.68. The van der Waals surface area contributed by atoms with Gasteiger partial charge >= 0.3 is 0 Å². The van der Waals surface area contributed by atoms with Crippen molar-refractivity contribution in [2.24, 2.45) is 0 Å². The van der Waals surface area contributed by atoms with Gasteiger partial charge in [0.1, 0.15) is 5.78 Å². The molecule has 1 saturated heterocycles. The summed E-state index contributed by atoms with van der Waals surface area (Å²) in [7, 11) is 0. The zero-order chi connectivity index (χ0) is 14.3. The zero-order valence-corrected chi connectivity index (χ0v) is 12.1. The average Bonchev–Trinajstić information content (AvgIpc) is 2.77. The van der Waals surface area contributed by atoms with Crippen molar-refractivity contribution in [3.63, 3.8) is 0 Å². The van der Waals surface area contributed by atoms with Crippen LogP contribution in [0.4, 0.5) is 0 Å². The number of carbonyl (C=O) groups is 3. The van der Waals surface area contributed by atoms with Crippen molar-refractivity contribution in [2.45, 2.75) is 71.3 Å². The van der Waals surface area contributed by atoms with E-state index in [4.69, 9.17) is 0 Å². The Labute approximate surface area is 115 Å². The molecule has 4 nitrogen and oxygen atoms in total. The molecular weight excluding hydrogens is 242 g/mol. The summed E-state index contributed by atoms with van der Waals surface area (Å²) in [5.41, 5.74) is 0. The Balaban J connectivity index is 2.45. The molecule has 1 aliphatic rings. The van der Waals surface area contributed by atoms with E-state index in [2.05, 4.69) is 6.92 Å². The summed E-state index contributed by atoms with van der Waals surface area (Å²) < 4.78 is 0. The standard InChI is InChI=1S/C15H25NO3/c1-3-5-6-8-12(17)11-14(18)13(4-2)16-10-7-9-15(16)19/h13H,3-11H2,1-2H3/t13-/m0/s1. The molecule has 0 bridgehead atoms. The number of Topliss-reactive ketones (excluding diaryl/α,β-unsaturated/α-hetero) is 2. The molecule has 0 unspecified atom stereocenters. The highest BCUT2D eigenvalue weighted by Gasteiger charge is 2.31. The molecule has 108 valence electrons. The largest absolute Gasteiger partial charge is 0.333 e. The van der Waals surface area contributed by atoms with Crippen LogP contribution in [0.15, 0.2) is 0 Å². The Morgan fingerprint density at radius 2 is 2.00 bits per heavy atom. The van der Waals surface area contributed by atoms with E-state index < -0.39 is 0 Å². The summed E-state index contributed by atoms with van der Waals surface area (Å²) in [6.07, 6.45) is 5.41. The Hall–Kier alpha value is -1.19. The second-order valence-electron chi connectivity index (χ2n) is 5.25. The van der Waals surface area contributed by atoms with E-state index in [1.807, 2.05) is 6.92 Å². The van der Waals surface area contributed by atoms with Gasteiger partial charge in [0.2, 0.25) is 5.91 Å². The lowest BCUT2D eigenvalue weighted by Crippen LogP contribution is -2.42. The number of nitrogens with zero attached hydrogens (tertiary/aromatic N) is 1. The van der Waals surface area contributed by atoms with E-state index in [1.165, 1.54) is 0 Å². The minimum absolute atomic E-state index is 0.00794. The lowest BCUT2D eigenvalue weighted by molar-refractivity contribution is -0.138. The monoisotopic (exact) mass is 267 g/mol. The summed E-state index contributed by atoms with van der Waals surface area (Å²) in [5.74, 6) is -0.0126. The van der Waals surface area contributed by atoms with Gasteiger partial charge in [0.15, 0.2) is 5.78 Å². The molecule has 0 aromatic heterocycles. The lowest BCUT2D eigenvalue weighted by Gasteiger charge is -2.25. The van der Waals surface area contributed by atoms with Crippen LogP contribution >= 0.6 is 0 Å². The van der Waals surface area contributed by atoms with Gasteiger partial charge in [-0.05, 0) is 19.3 Å². The molecule has 1 aliphatic heterocycles. The smallest absolute Gasteiger partial charge is 0.223 e. The summed E-state index contributed by atoms with van der Waals surface area (Å²) in [6.45, 7) is 4.64. The van der Waals surface area contributed by atoms with E-state index in [0.717, 1.165) is 25.7 Å². The van der Waals surface area contributed by atoms with Crippen molar-refractivity contribution in [3.8, 4) is 0 Å². The minimum Gasteiger partial charge on any atom is -0.333 e. The van der Waals surface area contributed by atoms with Gasteiger partial charge in [0, 0.05) is 19.4 Å². The van der Waals surface area contributed by atoms with Gasteiger partial charge in [-0.15, -0.1) is 0 Å². The van der Waals surface area contributed by atoms with Crippen molar-refractivity contribution >= 4 is 17.5 Å². The van der Waals surface area contributed by atoms with E-state index in [0.29, 0.717) is 25.8 Å². The van der Waals surface area contributed by atoms with Crippen molar-refractivity contribution < 1.29 is 14.4 Å². The molecule has 19 heavy (non-hydrogen) atoms. The van der Waals surface area contributed by atoms with Gasteiger partial charge in [-0.25, -0.2) is 0 Å². The van der Waals surface area contributed by atoms with Crippen LogP contribution in [-0.4, -0.2) is 35.0 Å². The predicted octanol–water partition coefficient (Wildman–Crippen LogP) is 2.50. The van der Waals surface area contributed by atoms with Gasteiger partial charge < -0.3 is 4.90 Å². The van der Waals surface area contributed by atoms with Crippen LogP contribution in [0.5, 0.6) is 0 Å². The normalized spacial score (nSPS) is 16.7. The summed E-state index contributed by atoms with van der Waals surface area (Å²) in [5, 5.41) is 0. The second-order valence-corrected chi connectivity index (χ2v) is 5.25. The summed E-state index contributed by atoms with van der Waals surface area (Å²) >= 11 is 0. The maximum absolute atomic E-state index is 12.1. The molecule has 0 aromatic rings. The number of ketones is 2. The summed E-state index contributed by atoms with van der Waals surface area (Å²) in [4.78, 5) is 37.2. The highest BCUT2D eigenvalue weighted by molar-refractivity contribution is 6.02. The number of unbranched alkanes of at least 4 members (excludes halogenated alkanes) is 2. The number of rotatable bonds is 9.